The van der Waals surface area contributed by atoms with Gasteiger partial charge in [0.2, 0.25) is 0 Å². The van der Waals surface area contributed by atoms with Crippen LogP contribution < -0.4 is 10.6 Å². The van der Waals surface area contributed by atoms with Crippen molar-refractivity contribution in [3.63, 3.8) is 0 Å². The molecule has 1 saturated heterocycles. The molecule has 0 radical (unpaired) electrons. The van der Waals surface area contributed by atoms with Gasteiger partial charge in [-0.05, 0) is 57.0 Å². The molecule has 33 heavy (non-hydrogen) atoms. The predicted molar refractivity (Wildman–Crippen MR) is 134 cm³/mol. The Labute approximate surface area is 197 Å². The molecule has 1 aromatic rings. The number of likely N-dealkylation sites (tertiary alicyclic amines) is 1. The second-order valence-electron chi connectivity index (χ2n) is 8.33. The Morgan fingerprint density at radius 1 is 1.18 bits per heavy atom. The number of allylic oxidation sites excluding steroid dienone is 1. The van der Waals surface area contributed by atoms with Crippen LogP contribution in [0.25, 0.3) is 0 Å². The zero-order valence-electron chi connectivity index (χ0n) is 19.8. The molecule has 180 valence electrons. The van der Waals surface area contributed by atoms with Gasteiger partial charge < -0.3 is 20.6 Å². The van der Waals surface area contributed by atoms with Gasteiger partial charge in [-0.15, -0.1) is 0 Å². The molecule has 1 fully saturated rings. The van der Waals surface area contributed by atoms with Gasteiger partial charge in [0.1, 0.15) is 6.61 Å². The van der Waals surface area contributed by atoms with Gasteiger partial charge >= 0.3 is 0 Å². The molecule has 0 aromatic heterocycles. The number of piperidine rings is 1. The van der Waals surface area contributed by atoms with Crippen LogP contribution in [0.4, 0.5) is 0 Å². The summed E-state index contributed by atoms with van der Waals surface area (Å²) in [5.74, 6) is -0.316. The van der Waals surface area contributed by atoms with Gasteiger partial charge in [0.15, 0.2) is 11.6 Å². The highest BCUT2D eigenvalue weighted by Gasteiger charge is 2.19. The van der Waals surface area contributed by atoms with E-state index in [-0.39, 0.29) is 12.3 Å². The van der Waals surface area contributed by atoms with Crippen LogP contribution in [0.5, 0.6) is 0 Å². The Hall–Kier alpha value is -2.45. The SMILES string of the molecule is C=C/C(=C\C(CNCC(=O)CNC1CCN(CCCc2ccccc2)CC1)=N/C)C(=O)CO. The average Bonchev–Trinajstić information content (AvgIpc) is 2.85. The van der Waals surface area contributed by atoms with E-state index in [4.69, 9.17) is 5.11 Å². The van der Waals surface area contributed by atoms with Crippen LogP contribution in [0.1, 0.15) is 24.8 Å². The molecule has 7 nitrogen and oxygen atoms in total. The van der Waals surface area contributed by atoms with Gasteiger partial charge in [-0.1, -0.05) is 43.0 Å². The Balaban J connectivity index is 1.59. The second-order valence-corrected chi connectivity index (χ2v) is 8.33. The minimum Gasteiger partial charge on any atom is -0.388 e. The Bertz CT molecular complexity index is 812. The maximum atomic E-state index is 12.2. The fourth-order valence-corrected chi connectivity index (χ4v) is 3.88. The highest BCUT2D eigenvalue weighted by Crippen LogP contribution is 2.12. The summed E-state index contributed by atoms with van der Waals surface area (Å²) in [6.07, 6.45) is 7.39. The van der Waals surface area contributed by atoms with Crippen molar-refractivity contribution >= 4 is 17.3 Å². The number of aliphatic imine (C=N–C) groups is 1. The van der Waals surface area contributed by atoms with Crippen molar-refractivity contribution in [2.24, 2.45) is 4.99 Å². The molecule has 0 aliphatic carbocycles. The number of nitrogens with one attached hydrogen (secondary N) is 2. The molecular formula is C26H38N4O3. The van der Waals surface area contributed by atoms with Crippen molar-refractivity contribution in [2.75, 3.05) is 52.9 Å². The van der Waals surface area contributed by atoms with E-state index in [1.807, 2.05) is 0 Å². The van der Waals surface area contributed by atoms with Crippen LogP contribution in [0, 0.1) is 0 Å². The standard InChI is InChI=1S/C26H38N4O3/c1-3-22(26(33)20-31)16-24(27-2)17-28-18-25(32)19-29-23-11-14-30(15-12-23)13-7-10-21-8-5-4-6-9-21/h3-6,8-9,16,23,28-29,31H,1,7,10-15,17-20H2,2H3/b22-16+,27-24+. The quantitative estimate of drug-likeness (QED) is 0.212. The monoisotopic (exact) mass is 454 g/mol. The number of Topliss-reactive ketones (excluding diaryl/α,β-unsaturated/α-hetero) is 2. The summed E-state index contributed by atoms with van der Waals surface area (Å²) in [5, 5.41) is 15.5. The molecule has 0 atom stereocenters. The Morgan fingerprint density at radius 3 is 2.55 bits per heavy atom. The second kappa shape index (κ2) is 15.4. The van der Waals surface area contributed by atoms with Crippen LogP contribution in [-0.2, 0) is 16.0 Å². The van der Waals surface area contributed by atoms with E-state index in [2.05, 4.69) is 57.4 Å². The molecule has 1 aromatic carbocycles. The van der Waals surface area contributed by atoms with Crippen molar-refractivity contribution < 1.29 is 14.7 Å². The largest absolute Gasteiger partial charge is 0.388 e. The van der Waals surface area contributed by atoms with E-state index in [1.54, 1.807) is 13.1 Å². The number of carbonyl (C=O) groups is 2. The predicted octanol–water partition coefficient (Wildman–Crippen LogP) is 1.58. The number of aliphatic hydroxyl groups excluding tert-OH is 1. The van der Waals surface area contributed by atoms with Crippen LogP contribution in [0.3, 0.4) is 0 Å². The highest BCUT2D eigenvalue weighted by molar-refractivity contribution is 6.07. The van der Waals surface area contributed by atoms with Crippen LogP contribution in [0.2, 0.25) is 0 Å². The van der Waals surface area contributed by atoms with Crippen molar-refractivity contribution in [2.45, 2.75) is 31.7 Å². The molecule has 2 rings (SSSR count). The molecule has 0 bridgehead atoms. The number of hydrogen-bond acceptors (Lipinski definition) is 7. The van der Waals surface area contributed by atoms with Gasteiger partial charge in [0.05, 0.1) is 13.1 Å². The normalized spacial score (nSPS) is 16.1. The molecule has 1 heterocycles. The third-order valence-electron chi connectivity index (χ3n) is 5.88. The fraction of sp³-hybridized carbons (Fsp3) is 0.500. The highest BCUT2D eigenvalue weighted by atomic mass is 16.3. The topological polar surface area (TPSA) is 94.0 Å². The molecule has 1 aliphatic heterocycles. The Kier molecular flexibility index (Phi) is 12.5. The molecule has 0 spiro atoms. The first-order valence-electron chi connectivity index (χ1n) is 11.7. The van der Waals surface area contributed by atoms with Crippen molar-refractivity contribution in [3.8, 4) is 0 Å². The number of aliphatic hydroxyl groups is 1. The number of carbonyl (C=O) groups excluding carboxylic acids is 2. The van der Waals surface area contributed by atoms with Gasteiger partial charge in [0.25, 0.3) is 0 Å². The van der Waals surface area contributed by atoms with Gasteiger partial charge in [-0.25, -0.2) is 0 Å². The van der Waals surface area contributed by atoms with Gasteiger partial charge in [0, 0.05) is 30.9 Å². The molecule has 0 unspecified atom stereocenters. The van der Waals surface area contributed by atoms with Crippen molar-refractivity contribution in [3.05, 3.63) is 60.2 Å². The number of rotatable bonds is 15. The zero-order chi connectivity index (χ0) is 23.9. The third-order valence-corrected chi connectivity index (χ3v) is 5.88. The first kappa shape index (κ1) is 26.8. The summed E-state index contributed by atoms with van der Waals surface area (Å²) in [7, 11) is 1.62. The van der Waals surface area contributed by atoms with E-state index in [9.17, 15) is 9.59 Å². The first-order valence-corrected chi connectivity index (χ1v) is 11.7. The van der Waals surface area contributed by atoms with Crippen LogP contribution >= 0.6 is 0 Å². The Morgan fingerprint density at radius 2 is 1.91 bits per heavy atom. The molecule has 0 saturated carbocycles. The first-order chi connectivity index (χ1) is 16.0. The minimum atomic E-state index is -0.570. The average molecular weight is 455 g/mol. The third kappa shape index (κ3) is 10.4. The number of hydrogen-bond donors (Lipinski definition) is 3. The number of ketones is 2. The van der Waals surface area contributed by atoms with E-state index in [1.165, 1.54) is 18.1 Å². The lowest BCUT2D eigenvalue weighted by molar-refractivity contribution is -0.118. The lowest BCUT2D eigenvalue weighted by atomic mass is 10.0. The van der Waals surface area contributed by atoms with E-state index >= 15 is 0 Å². The number of benzene rings is 1. The maximum absolute atomic E-state index is 12.2. The summed E-state index contributed by atoms with van der Waals surface area (Å²) >= 11 is 0. The molecule has 3 N–H and O–H groups in total. The minimum absolute atomic E-state index is 0.0927. The van der Waals surface area contributed by atoms with Gasteiger partial charge in [-0.3, -0.25) is 14.6 Å². The molecule has 7 heteroatoms. The van der Waals surface area contributed by atoms with Crippen LogP contribution in [0.15, 0.2) is 59.6 Å². The fourth-order valence-electron chi connectivity index (χ4n) is 3.88. The number of aryl methyl sites for hydroxylation is 1. The van der Waals surface area contributed by atoms with Crippen molar-refractivity contribution in [1.29, 1.82) is 0 Å². The van der Waals surface area contributed by atoms with E-state index in [0.717, 1.165) is 38.9 Å². The van der Waals surface area contributed by atoms with E-state index < -0.39 is 12.4 Å². The number of nitrogens with zero attached hydrogens (tertiary/aromatic N) is 2. The summed E-state index contributed by atoms with van der Waals surface area (Å²) in [6.45, 7) is 7.22. The smallest absolute Gasteiger partial charge is 0.188 e. The van der Waals surface area contributed by atoms with E-state index in [0.29, 0.717) is 30.4 Å². The van der Waals surface area contributed by atoms with Crippen molar-refractivity contribution in [1.82, 2.24) is 15.5 Å². The summed E-state index contributed by atoms with van der Waals surface area (Å²) in [5.41, 5.74) is 2.32. The lowest BCUT2D eigenvalue weighted by Crippen LogP contribution is -2.45. The van der Waals surface area contributed by atoms with Gasteiger partial charge in [-0.2, -0.15) is 0 Å². The summed E-state index contributed by atoms with van der Waals surface area (Å²) in [6, 6.07) is 11.0. The summed E-state index contributed by atoms with van der Waals surface area (Å²) < 4.78 is 0. The lowest BCUT2D eigenvalue weighted by Gasteiger charge is -2.32. The molecule has 0 amide bonds. The zero-order valence-corrected chi connectivity index (χ0v) is 19.8. The molecular weight excluding hydrogens is 416 g/mol. The molecule has 1 aliphatic rings. The summed E-state index contributed by atoms with van der Waals surface area (Å²) in [4.78, 5) is 30.5. The maximum Gasteiger partial charge on any atom is 0.188 e. The van der Waals surface area contributed by atoms with Crippen LogP contribution in [-0.4, -0.2) is 86.2 Å².